The normalized spacial score (nSPS) is 19.0. The number of nitrogen functional groups attached to an aromatic ring is 1. The predicted octanol–water partition coefficient (Wildman–Crippen LogP) is 1.06. The Morgan fingerprint density at radius 2 is 2.15 bits per heavy atom. The van der Waals surface area contributed by atoms with Crippen molar-refractivity contribution in [2.75, 3.05) is 25.5 Å². The van der Waals surface area contributed by atoms with Gasteiger partial charge in [0.2, 0.25) is 0 Å². The first-order valence-corrected chi connectivity index (χ1v) is 8.68. The number of hydrogen-bond acceptors (Lipinski definition) is 7. The van der Waals surface area contributed by atoms with E-state index in [-0.39, 0.29) is 19.0 Å². The first-order chi connectivity index (χ1) is 13.1. The summed E-state index contributed by atoms with van der Waals surface area (Å²) in [6.45, 7) is 0.589. The molecule has 2 heterocycles. The van der Waals surface area contributed by atoms with Crippen molar-refractivity contribution < 1.29 is 19.0 Å². The van der Waals surface area contributed by atoms with Crippen LogP contribution in [0.3, 0.4) is 0 Å². The molecule has 1 aliphatic rings. The topological polar surface area (TPSA) is 118 Å². The maximum absolute atomic E-state index is 11.8. The summed E-state index contributed by atoms with van der Waals surface area (Å²) in [7, 11) is 0. The number of aromatic nitrogens is 2. The van der Waals surface area contributed by atoms with Crippen LogP contribution in [-0.2, 0) is 20.6 Å². The molecule has 0 saturated carbocycles. The predicted molar refractivity (Wildman–Crippen MR) is 96.9 cm³/mol. The Morgan fingerprint density at radius 3 is 2.93 bits per heavy atom. The number of rotatable bonds is 7. The summed E-state index contributed by atoms with van der Waals surface area (Å²) < 4.78 is 17.3. The van der Waals surface area contributed by atoms with Crippen molar-refractivity contribution >= 4 is 11.9 Å². The lowest BCUT2D eigenvalue weighted by molar-refractivity contribution is -0.101. The summed E-state index contributed by atoms with van der Waals surface area (Å²) in [5, 5.41) is 2.68. The number of anilines is 1. The number of aryl methyl sites for hydroxylation is 1. The van der Waals surface area contributed by atoms with E-state index < -0.39 is 24.3 Å². The lowest BCUT2D eigenvalue weighted by Gasteiger charge is -2.13. The number of carbonyl (C=O) groups excluding carboxylic acids is 1. The number of nitrogens with one attached hydrogen (secondary N) is 1. The largest absolute Gasteiger partial charge is 0.444 e. The quantitative estimate of drug-likeness (QED) is 0.696. The van der Waals surface area contributed by atoms with Gasteiger partial charge >= 0.3 is 11.8 Å². The zero-order valence-corrected chi connectivity index (χ0v) is 14.7. The van der Waals surface area contributed by atoms with E-state index in [0.717, 1.165) is 12.8 Å². The van der Waals surface area contributed by atoms with E-state index in [0.29, 0.717) is 6.54 Å². The molecule has 2 atom stereocenters. The molecule has 0 spiro atoms. The molecule has 0 unspecified atom stereocenters. The minimum absolute atomic E-state index is 0.0713. The number of hydrogen-bond donors (Lipinski definition) is 2. The molecule has 0 aliphatic carbocycles. The Labute approximate surface area is 156 Å². The molecule has 9 nitrogen and oxygen atoms in total. The molecule has 1 aromatic heterocycles. The van der Waals surface area contributed by atoms with E-state index in [2.05, 4.69) is 10.3 Å². The Bertz CT molecular complexity index is 811. The van der Waals surface area contributed by atoms with Gasteiger partial charge in [-0.1, -0.05) is 30.3 Å². The van der Waals surface area contributed by atoms with E-state index in [1.54, 1.807) is 0 Å². The van der Waals surface area contributed by atoms with Crippen LogP contribution in [-0.4, -0.2) is 41.7 Å². The van der Waals surface area contributed by atoms with Gasteiger partial charge in [0.15, 0.2) is 12.5 Å². The molecular formula is C18H22N4O5. The summed E-state index contributed by atoms with van der Waals surface area (Å²) in [5.74, 6) is 0.138. The van der Waals surface area contributed by atoms with Crippen LogP contribution in [0.15, 0.2) is 47.4 Å². The van der Waals surface area contributed by atoms with E-state index in [4.69, 9.17) is 19.9 Å². The van der Waals surface area contributed by atoms with Gasteiger partial charge in [-0.3, -0.25) is 4.57 Å². The monoisotopic (exact) mass is 374 g/mol. The van der Waals surface area contributed by atoms with Gasteiger partial charge in [-0.25, -0.2) is 9.59 Å². The summed E-state index contributed by atoms with van der Waals surface area (Å²) >= 11 is 0. The number of ether oxygens (including phenoxy) is 3. The molecule has 27 heavy (non-hydrogen) atoms. The van der Waals surface area contributed by atoms with Gasteiger partial charge in [-0.15, -0.1) is 0 Å². The van der Waals surface area contributed by atoms with E-state index in [9.17, 15) is 9.59 Å². The maximum atomic E-state index is 11.8. The van der Waals surface area contributed by atoms with Crippen molar-refractivity contribution in [1.29, 1.82) is 0 Å². The summed E-state index contributed by atoms with van der Waals surface area (Å²) in [5.41, 5.74) is 6.15. The Kier molecular flexibility index (Phi) is 6.39. The fourth-order valence-electron chi connectivity index (χ4n) is 2.64. The summed E-state index contributed by atoms with van der Waals surface area (Å²) in [6, 6.07) is 11.5. The van der Waals surface area contributed by atoms with Gasteiger partial charge in [0.05, 0.1) is 6.61 Å². The van der Waals surface area contributed by atoms with Gasteiger partial charge in [0.1, 0.15) is 12.4 Å². The highest BCUT2D eigenvalue weighted by Gasteiger charge is 2.29. The molecule has 0 bridgehead atoms. The Balaban J connectivity index is 1.34. The molecule has 1 saturated heterocycles. The standard InChI is InChI=1S/C18H22N4O5/c19-14-8-10-22(17(23)21-14)15-11-25-16(27-15)12-26-18(24)20-9-4-7-13-5-2-1-3-6-13/h1-3,5-6,8,10,15-16H,4,7,9,11-12H2,(H,20,24)(H2,19,21,23)/t15-,16-/m0/s1. The van der Waals surface area contributed by atoms with Gasteiger partial charge in [0.25, 0.3) is 0 Å². The zero-order valence-electron chi connectivity index (χ0n) is 14.7. The second kappa shape index (κ2) is 9.15. The fraction of sp³-hybridized carbons (Fsp3) is 0.389. The fourth-order valence-corrected chi connectivity index (χ4v) is 2.64. The van der Waals surface area contributed by atoms with Crippen LogP contribution in [0.1, 0.15) is 18.2 Å². The van der Waals surface area contributed by atoms with Gasteiger partial charge in [-0.05, 0) is 24.5 Å². The third kappa shape index (κ3) is 5.53. The van der Waals surface area contributed by atoms with Crippen LogP contribution >= 0.6 is 0 Å². The molecule has 1 aromatic carbocycles. The number of carbonyl (C=O) groups is 1. The van der Waals surface area contributed by atoms with Crippen LogP contribution in [0.4, 0.5) is 10.6 Å². The number of nitrogens with two attached hydrogens (primary N) is 1. The highest BCUT2D eigenvalue weighted by molar-refractivity contribution is 5.67. The minimum atomic E-state index is -0.741. The zero-order chi connectivity index (χ0) is 19.1. The third-order valence-electron chi connectivity index (χ3n) is 4.00. The second-order valence-corrected chi connectivity index (χ2v) is 6.01. The van der Waals surface area contributed by atoms with Crippen molar-refractivity contribution in [1.82, 2.24) is 14.9 Å². The highest BCUT2D eigenvalue weighted by atomic mass is 16.7. The maximum Gasteiger partial charge on any atom is 0.407 e. The highest BCUT2D eigenvalue weighted by Crippen LogP contribution is 2.19. The first-order valence-electron chi connectivity index (χ1n) is 8.68. The lowest BCUT2D eigenvalue weighted by atomic mass is 10.1. The molecule has 1 aliphatic heterocycles. The van der Waals surface area contributed by atoms with Crippen molar-refractivity contribution in [2.24, 2.45) is 0 Å². The molecule has 3 N–H and O–H groups in total. The molecule has 1 fully saturated rings. The number of nitrogens with zero attached hydrogens (tertiary/aromatic N) is 2. The third-order valence-corrected chi connectivity index (χ3v) is 4.00. The number of alkyl carbamates (subject to hydrolysis) is 1. The SMILES string of the molecule is Nc1ccn([C@@H]2CO[C@H](COC(=O)NCCCc3ccccc3)O2)c(=O)n1. The number of benzene rings is 1. The Hall–Kier alpha value is -2.91. The molecule has 144 valence electrons. The molecule has 2 aromatic rings. The molecule has 1 amide bonds. The van der Waals surface area contributed by atoms with Gasteiger partial charge in [0, 0.05) is 12.7 Å². The Morgan fingerprint density at radius 1 is 1.33 bits per heavy atom. The molecule has 9 heteroatoms. The van der Waals surface area contributed by atoms with Crippen molar-refractivity contribution in [3.05, 3.63) is 58.6 Å². The molecule has 0 radical (unpaired) electrons. The lowest BCUT2D eigenvalue weighted by Crippen LogP contribution is -2.30. The first kappa shape index (κ1) is 18.9. The average Bonchev–Trinajstić information content (AvgIpc) is 3.13. The van der Waals surface area contributed by atoms with Crippen LogP contribution < -0.4 is 16.7 Å². The van der Waals surface area contributed by atoms with Crippen molar-refractivity contribution in [3.63, 3.8) is 0 Å². The molecular weight excluding hydrogens is 352 g/mol. The summed E-state index contributed by atoms with van der Waals surface area (Å²) in [4.78, 5) is 27.2. The van der Waals surface area contributed by atoms with Crippen LogP contribution in [0.5, 0.6) is 0 Å². The van der Waals surface area contributed by atoms with Gasteiger partial charge in [-0.2, -0.15) is 4.98 Å². The smallest absolute Gasteiger partial charge is 0.407 e. The minimum Gasteiger partial charge on any atom is -0.444 e. The van der Waals surface area contributed by atoms with Crippen molar-refractivity contribution in [2.45, 2.75) is 25.4 Å². The van der Waals surface area contributed by atoms with E-state index in [1.165, 1.54) is 22.4 Å². The summed E-state index contributed by atoms with van der Waals surface area (Å²) in [6.07, 6.45) is 1.27. The van der Waals surface area contributed by atoms with E-state index in [1.807, 2.05) is 30.3 Å². The van der Waals surface area contributed by atoms with Crippen LogP contribution in [0.25, 0.3) is 0 Å². The average molecular weight is 374 g/mol. The van der Waals surface area contributed by atoms with Crippen LogP contribution in [0, 0.1) is 0 Å². The van der Waals surface area contributed by atoms with Gasteiger partial charge < -0.3 is 25.3 Å². The van der Waals surface area contributed by atoms with E-state index >= 15 is 0 Å². The van der Waals surface area contributed by atoms with Crippen LogP contribution in [0.2, 0.25) is 0 Å². The van der Waals surface area contributed by atoms with Crippen molar-refractivity contribution in [3.8, 4) is 0 Å². The number of amides is 1. The molecule has 3 rings (SSSR count). The second-order valence-electron chi connectivity index (χ2n) is 6.01.